The van der Waals surface area contributed by atoms with Gasteiger partial charge in [-0.25, -0.2) is 4.39 Å². The van der Waals surface area contributed by atoms with Crippen molar-refractivity contribution in [3.05, 3.63) is 58.9 Å². The summed E-state index contributed by atoms with van der Waals surface area (Å²) in [5, 5.41) is 3.40. The lowest BCUT2D eigenvalue weighted by Gasteiger charge is -2.32. The zero-order valence-electron chi connectivity index (χ0n) is 16.3. The topological polar surface area (TPSA) is 41.6 Å². The van der Waals surface area contributed by atoms with Gasteiger partial charge in [0.1, 0.15) is 11.6 Å². The number of likely N-dealkylation sites (tertiary alicyclic amines) is 1. The van der Waals surface area contributed by atoms with E-state index in [4.69, 9.17) is 16.3 Å². The van der Waals surface area contributed by atoms with Crippen LogP contribution in [-0.2, 0) is 11.3 Å². The van der Waals surface area contributed by atoms with Crippen LogP contribution in [0.15, 0.2) is 42.5 Å². The summed E-state index contributed by atoms with van der Waals surface area (Å²) in [5.41, 5.74) is 1.24. The molecule has 6 heteroatoms. The van der Waals surface area contributed by atoms with Gasteiger partial charge in [-0.3, -0.25) is 9.69 Å². The number of anilines is 1. The van der Waals surface area contributed by atoms with Gasteiger partial charge in [0.25, 0.3) is 0 Å². The van der Waals surface area contributed by atoms with E-state index in [9.17, 15) is 9.18 Å². The fourth-order valence-corrected chi connectivity index (χ4v) is 3.68. The molecule has 4 nitrogen and oxygen atoms in total. The molecule has 0 saturated carbocycles. The van der Waals surface area contributed by atoms with Crippen molar-refractivity contribution in [3.63, 3.8) is 0 Å². The molecule has 2 aromatic carbocycles. The molecule has 1 heterocycles. The normalized spacial score (nSPS) is 17.5. The quantitative estimate of drug-likeness (QED) is 0.726. The molecule has 1 unspecified atom stereocenters. The van der Waals surface area contributed by atoms with Gasteiger partial charge in [0.2, 0.25) is 5.91 Å². The van der Waals surface area contributed by atoms with E-state index in [-0.39, 0.29) is 23.7 Å². The van der Waals surface area contributed by atoms with E-state index >= 15 is 0 Å². The van der Waals surface area contributed by atoms with Crippen LogP contribution >= 0.6 is 11.6 Å². The summed E-state index contributed by atoms with van der Waals surface area (Å²) in [4.78, 5) is 14.8. The van der Waals surface area contributed by atoms with Crippen LogP contribution in [0.2, 0.25) is 5.02 Å². The number of carbonyl (C=O) groups excluding carboxylic acids is 1. The molecule has 0 radical (unpaired) electrons. The van der Waals surface area contributed by atoms with Crippen LogP contribution < -0.4 is 10.1 Å². The van der Waals surface area contributed by atoms with Crippen molar-refractivity contribution in [2.75, 3.05) is 18.4 Å². The standard InChI is InChI=1S/C22H26ClFN2O2/c1-15(2)28-18-10-8-17(9-11-18)25-22(27)16-5-4-12-26(13-16)14-19-20(23)6-3-7-21(19)24/h3,6-11,15-16H,4-5,12-14H2,1-2H3,(H,25,27). The largest absolute Gasteiger partial charge is 0.491 e. The van der Waals surface area contributed by atoms with E-state index in [0.717, 1.165) is 30.8 Å². The Morgan fingerprint density at radius 2 is 2.04 bits per heavy atom. The van der Waals surface area contributed by atoms with Crippen molar-refractivity contribution in [1.82, 2.24) is 4.90 Å². The fraction of sp³-hybridized carbons (Fsp3) is 0.409. The highest BCUT2D eigenvalue weighted by atomic mass is 35.5. The summed E-state index contributed by atoms with van der Waals surface area (Å²) in [5.74, 6) is 0.328. The predicted molar refractivity (Wildman–Crippen MR) is 110 cm³/mol. The van der Waals surface area contributed by atoms with Crippen LogP contribution in [-0.4, -0.2) is 30.0 Å². The van der Waals surface area contributed by atoms with Crippen LogP contribution in [0.4, 0.5) is 10.1 Å². The maximum Gasteiger partial charge on any atom is 0.228 e. The van der Waals surface area contributed by atoms with Crippen LogP contribution in [0, 0.1) is 11.7 Å². The van der Waals surface area contributed by atoms with Crippen LogP contribution in [0.1, 0.15) is 32.3 Å². The van der Waals surface area contributed by atoms with Crippen LogP contribution in [0.5, 0.6) is 5.75 Å². The van der Waals surface area contributed by atoms with Crippen molar-refractivity contribution in [2.45, 2.75) is 39.3 Å². The number of benzene rings is 2. The first kappa shape index (κ1) is 20.6. The van der Waals surface area contributed by atoms with Crippen LogP contribution in [0.25, 0.3) is 0 Å². The van der Waals surface area contributed by atoms with Gasteiger partial charge >= 0.3 is 0 Å². The Kier molecular flexibility index (Phi) is 6.92. The molecule has 28 heavy (non-hydrogen) atoms. The molecule has 1 atom stereocenters. The number of hydrogen-bond acceptors (Lipinski definition) is 3. The lowest BCUT2D eigenvalue weighted by atomic mass is 9.96. The van der Waals surface area contributed by atoms with Gasteiger partial charge in [-0.2, -0.15) is 0 Å². The maximum absolute atomic E-state index is 14.1. The van der Waals surface area contributed by atoms with Gasteiger partial charge in [-0.1, -0.05) is 17.7 Å². The Balaban J connectivity index is 1.58. The summed E-state index contributed by atoms with van der Waals surface area (Å²) >= 11 is 6.14. The van der Waals surface area contributed by atoms with E-state index in [1.165, 1.54) is 6.07 Å². The highest BCUT2D eigenvalue weighted by Crippen LogP contribution is 2.25. The minimum Gasteiger partial charge on any atom is -0.491 e. The molecule has 1 aliphatic heterocycles. The first-order chi connectivity index (χ1) is 13.4. The van der Waals surface area contributed by atoms with Gasteiger partial charge < -0.3 is 10.1 Å². The zero-order chi connectivity index (χ0) is 20.1. The van der Waals surface area contributed by atoms with E-state index in [1.54, 1.807) is 12.1 Å². The Morgan fingerprint density at radius 1 is 1.29 bits per heavy atom. The lowest BCUT2D eigenvalue weighted by Crippen LogP contribution is -2.40. The first-order valence-corrected chi connectivity index (χ1v) is 10.0. The molecule has 1 aliphatic rings. The molecule has 0 aliphatic carbocycles. The van der Waals surface area contributed by atoms with E-state index in [1.807, 2.05) is 38.1 Å². The third-order valence-corrected chi connectivity index (χ3v) is 5.17. The third-order valence-electron chi connectivity index (χ3n) is 4.81. The molecule has 3 rings (SSSR count). The van der Waals surface area contributed by atoms with Gasteiger partial charge in [0.15, 0.2) is 0 Å². The van der Waals surface area contributed by atoms with E-state index in [2.05, 4.69) is 10.2 Å². The predicted octanol–water partition coefficient (Wildman–Crippen LogP) is 5.12. The minimum absolute atomic E-state index is 0.0122. The fourth-order valence-electron chi connectivity index (χ4n) is 3.45. The van der Waals surface area contributed by atoms with Crippen molar-refractivity contribution in [1.29, 1.82) is 0 Å². The second-order valence-electron chi connectivity index (χ2n) is 7.45. The first-order valence-electron chi connectivity index (χ1n) is 9.65. The Labute approximate surface area is 170 Å². The number of hydrogen-bond donors (Lipinski definition) is 1. The number of nitrogens with zero attached hydrogens (tertiary/aromatic N) is 1. The number of halogens is 2. The smallest absolute Gasteiger partial charge is 0.228 e. The van der Waals surface area contributed by atoms with Crippen molar-refractivity contribution < 1.29 is 13.9 Å². The number of rotatable bonds is 6. The monoisotopic (exact) mass is 404 g/mol. The van der Waals surface area contributed by atoms with Crippen molar-refractivity contribution in [2.24, 2.45) is 5.92 Å². The number of amides is 1. The Morgan fingerprint density at radius 3 is 2.71 bits per heavy atom. The SMILES string of the molecule is CC(C)Oc1ccc(NC(=O)C2CCCN(Cc3c(F)cccc3Cl)C2)cc1. The molecule has 1 fully saturated rings. The summed E-state index contributed by atoms with van der Waals surface area (Å²) in [7, 11) is 0. The molecule has 0 aromatic heterocycles. The summed E-state index contributed by atoms with van der Waals surface area (Å²) in [6.45, 7) is 5.77. The molecule has 1 amide bonds. The summed E-state index contributed by atoms with van der Waals surface area (Å²) in [6.07, 6.45) is 1.82. The third kappa shape index (κ3) is 5.46. The molecule has 1 N–H and O–H groups in total. The molecule has 2 aromatic rings. The number of nitrogens with one attached hydrogen (secondary N) is 1. The van der Waals surface area contributed by atoms with E-state index < -0.39 is 0 Å². The van der Waals surface area contributed by atoms with Gasteiger partial charge in [-0.05, 0) is 69.6 Å². The van der Waals surface area contributed by atoms with Crippen molar-refractivity contribution >= 4 is 23.2 Å². The summed E-state index contributed by atoms with van der Waals surface area (Å²) in [6, 6.07) is 12.1. The Hall–Kier alpha value is -2.11. The molecular weight excluding hydrogens is 379 g/mol. The zero-order valence-corrected chi connectivity index (χ0v) is 17.0. The maximum atomic E-state index is 14.1. The number of carbonyl (C=O) groups is 1. The van der Waals surface area contributed by atoms with Crippen molar-refractivity contribution in [3.8, 4) is 5.75 Å². The molecule has 1 saturated heterocycles. The summed E-state index contributed by atoms with van der Waals surface area (Å²) < 4.78 is 19.7. The molecule has 0 spiro atoms. The second-order valence-corrected chi connectivity index (χ2v) is 7.86. The van der Waals surface area contributed by atoms with Gasteiger partial charge in [0, 0.05) is 29.4 Å². The highest BCUT2D eigenvalue weighted by Gasteiger charge is 2.26. The Bertz CT molecular complexity index is 790. The number of piperidine rings is 1. The minimum atomic E-state index is -0.303. The highest BCUT2D eigenvalue weighted by molar-refractivity contribution is 6.31. The molecule has 0 bridgehead atoms. The average Bonchev–Trinajstić information content (AvgIpc) is 2.66. The molecule has 150 valence electrons. The molecular formula is C22H26ClFN2O2. The van der Waals surface area contributed by atoms with E-state index in [0.29, 0.717) is 23.7 Å². The van der Waals surface area contributed by atoms with Gasteiger partial charge in [-0.15, -0.1) is 0 Å². The van der Waals surface area contributed by atoms with Gasteiger partial charge in [0.05, 0.1) is 12.0 Å². The number of ether oxygens (including phenoxy) is 1. The average molecular weight is 405 g/mol. The van der Waals surface area contributed by atoms with Crippen LogP contribution in [0.3, 0.4) is 0 Å². The lowest BCUT2D eigenvalue weighted by molar-refractivity contribution is -0.121. The second kappa shape index (κ2) is 9.39.